The molecule has 0 unspecified atom stereocenters. The summed E-state index contributed by atoms with van der Waals surface area (Å²) in [6.45, 7) is 3.18. The summed E-state index contributed by atoms with van der Waals surface area (Å²) in [5.41, 5.74) is 0.975. The van der Waals surface area contributed by atoms with Gasteiger partial charge in [0.25, 0.3) is 0 Å². The van der Waals surface area contributed by atoms with Crippen LogP contribution < -0.4 is 5.32 Å². The molecule has 1 amide bonds. The molecule has 0 aliphatic carbocycles. The van der Waals surface area contributed by atoms with Crippen LogP contribution in [0.5, 0.6) is 0 Å². The molecule has 2 heterocycles. The first-order chi connectivity index (χ1) is 10.7. The summed E-state index contributed by atoms with van der Waals surface area (Å²) in [5.74, 6) is -0.107. The molecule has 1 aliphatic rings. The lowest BCUT2D eigenvalue weighted by atomic mass is 10.1. The first-order valence-corrected chi connectivity index (χ1v) is 8.37. The molecule has 6 heteroatoms. The number of carbonyl (C=O) groups excluding carboxylic acids is 1. The van der Waals surface area contributed by atoms with Gasteiger partial charge in [-0.3, -0.25) is 4.79 Å². The van der Waals surface area contributed by atoms with Crippen molar-refractivity contribution in [2.24, 2.45) is 0 Å². The summed E-state index contributed by atoms with van der Waals surface area (Å²) >= 11 is 1.60. The molecule has 0 spiro atoms. The summed E-state index contributed by atoms with van der Waals surface area (Å²) in [6, 6.07) is 8.00. The van der Waals surface area contributed by atoms with Crippen LogP contribution in [-0.2, 0) is 20.9 Å². The van der Waals surface area contributed by atoms with Crippen LogP contribution in [0.1, 0.15) is 24.8 Å². The molecule has 2 aromatic rings. The summed E-state index contributed by atoms with van der Waals surface area (Å²) in [4.78, 5) is 16.3. The molecule has 1 fully saturated rings. The monoisotopic (exact) mass is 320 g/mol. The van der Waals surface area contributed by atoms with Crippen molar-refractivity contribution in [3.63, 3.8) is 0 Å². The van der Waals surface area contributed by atoms with Gasteiger partial charge in [-0.15, -0.1) is 11.3 Å². The van der Waals surface area contributed by atoms with Crippen molar-refractivity contribution in [2.45, 2.75) is 38.5 Å². The molecule has 0 radical (unpaired) electrons. The van der Waals surface area contributed by atoms with Crippen molar-refractivity contribution in [1.82, 2.24) is 10.3 Å². The number of carbonyl (C=O) groups is 1. The fraction of sp³-hybridized carbons (Fsp3) is 0.500. The van der Waals surface area contributed by atoms with E-state index < -0.39 is 0 Å². The zero-order chi connectivity index (χ0) is 15.4. The van der Waals surface area contributed by atoms with Crippen LogP contribution in [0.2, 0.25) is 0 Å². The van der Waals surface area contributed by atoms with Crippen molar-refractivity contribution in [1.29, 1.82) is 0 Å². The quantitative estimate of drug-likeness (QED) is 0.888. The largest absolute Gasteiger partial charge is 0.376 e. The van der Waals surface area contributed by atoms with E-state index in [2.05, 4.69) is 10.3 Å². The number of nitrogens with one attached hydrogen (secondary N) is 1. The highest BCUT2D eigenvalue weighted by atomic mass is 32.1. The first-order valence-electron chi connectivity index (χ1n) is 7.55. The molecule has 1 N–H and O–H groups in total. The Morgan fingerprint density at radius 3 is 3.18 bits per heavy atom. The molecule has 0 saturated carbocycles. The zero-order valence-corrected chi connectivity index (χ0v) is 13.4. The van der Waals surface area contributed by atoms with Gasteiger partial charge in [0.15, 0.2) is 0 Å². The molecule has 118 valence electrons. The molecule has 1 aromatic heterocycles. The fourth-order valence-electron chi connectivity index (χ4n) is 2.60. The molecular weight excluding hydrogens is 300 g/mol. The van der Waals surface area contributed by atoms with Crippen molar-refractivity contribution in [3.8, 4) is 0 Å². The topological polar surface area (TPSA) is 60.5 Å². The molecule has 5 nitrogen and oxygen atoms in total. The van der Waals surface area contributed by atoms with Crippen LogP contribution in [0, 0.1) is 0 Å². The van der Waals surface area contributed by atoms with Gasteiger partial charge >= 0.3 is 0 Å². The van der Waals surface area contributed by atoms with Gasteiger partial charge in [0.2, 0.25) is 5.91 Å². The van der Waals surface area contributed by atoms with Crippen molar-refractivity contribution in [3.05, 3.63) is 29.3 Å². The van der Waals surface area contributed by atoms with Gasteiger partial charge in [-0.1, -0.05) is 12.1 Å². The molecule has 2 atom stereocenters. The lowest BCUT2D eigenvalue weighted by molar-refractivity contribution is -0.127. The van der Waals surface area contributed by atoms with Crippen molar-refractivity contribution < 1.29 is 14.3 Å². The van der Waals surface area contributed by atoms with Crippen LogP contribution >= 0.6 is 11.3 Å². The Morgan fingerprint density at radius 1 is 1.55 bits per heavy atom. The Morgan fingerprint density at radius 2 is 2.41 bits per heavy atom. The average molecular weight is 320 g/mol. The average Bonchev–Trinajstić information content (AvgIpc) is 3.16. The first kappa shape index (κ1) is 15.4. The number of para-hydroxylation sites is 1. The third-order valence-electron chi connectivity index (χ3n) is 3.71. The molecule has 1 aromatic carbocycles. The minimum Gasteiger partial charge on any atom is -0.376 e. The second-order valence-corrected chi connectivity index (χ2v) is 6.59. The Labute approximate surface area is 133 Å². The highest BCUT2D eigenvalue weighted by Crippen LogP contribution is 2.21. The maximum Gasteiger partial charge on any atom is 0.246 e. The molecular formula is C16H20N2O3S. The molecule has 0 bridgehead atoms. The van der Waals surface area contributed by atoms with E-state index in [0.717, 1.165) is 34.7 Å². The van der Waals surface area contributed by atoms with Gasteiger partial charge < -0.3 is 14.8 Å². The summed E-state index contributed by atoms with van der Waals surface area (Å²) in [6.07, 6.45) is 2.21. The number of ether oxygens (including phenoxy) is 2. The van der Waals surface area contributed by atoms with Gasteiger partial charge in [-0.25, -0.2) is 4.98 Å². The van der Waals surface area contributed by atoms with Gasteiger partial charge in [0, 0.05) is 6.61 Å². The number of benzene rings is 1. The number of amides is 1. The van der Waals surface area contributed by atoms with Crippen LogP contribution in [0.25, 0.3) is 10.2 Å². The Balaban J connectivity index is 1.43. The molecule has 1 saturated heterocycles. The van der Waals surface area contributed by atoms with Gasteiger partial charge in [0.05, 0.1) is 29.0 Å². The Hall–Kier alpha value is -1.50. The van der Waals surface area contributed by atoms with Gasteiger partial charge in [-0.2, -0.15) is 0 Å². The molecule has 22 heavy (non-hydrogen) atoms. The number of rotatable bonds is 6. The SMILES string of the molecule is C[C@H](NC(=O)COCc1nc2ccccc2s1)[C@H]1CCCO1. The third kappa shape index (κ3) is 3.82. The number of aromatic nitrogens is 1. The highest BCUT2D eigenvalue weighted by Gasteiger charge is 2.23. The van der Waals surface area contributed by atoms with Crippen molar-refractivity contribution in [2.75, 3.05) is 13.2 Å². The van der Waals surface area contributed by atoms with E-state index in [0.29, 0.717) is 6.61 Å². The Bertz CT molecular complexity index is 604. The predicted molar refractivity (Wildman–Crippen MR) is 85.9 cm³/mol. The summed E-state index contributed by atoms with van der Waals surface area (Å²) in [5, 5.41) is 3.82. The maximum absolute atomic E-state index is 11.9. The molecule has 3 rings (SSSR count). The smallest absolute Gasteiger partial charge is 0.246 e. The maximum atomic E-state index is 11.9. The zero-order valence-electron chi connectivity index (χ0n) is 12.6. The minimum atomic E-state index is -0.107. The van der Waals surface area contributed by atoms with Crippen LogP contribution in [0.4, 0.5) is 0 Å². The summed E-state index contributed by atoms with van der Waals surface area (Å²) < 4.78 is 12.2. The van der Waals surface area contributed by atoms with Crippen molar-refractivity contribution >= 4 is 27.5 Å². The standard InChI is InChI=1S/C16H20N2O3S/c1-11(13-6-4-8-21-13)17-15(19)9-20-10-16-18-12-5-2-3-7-14(12)22-16/h2-3,5,7,11,13H,4,6,8-10H2,1H3,(H,17,19)/t11-,13+/m0/s1. The molecule has 1 aliphatic heterocycles. The van der Waals surface area contributed by atoms with E-state index in [4.69, 9.17) is 9.47 Å². The fourth-order valence-corrected chi connectivity index (χ4v) is 3.50. The highest BCUT2D eigenvalue weighted by molar-refractivity contribution is 7.18. The third-order valence-corrected chi connectivity index (χ3v) is 4.72. The van der Waals surface area contributed by atoms with E-state index >= 15 is 0 Å². The summed E-state index contributed by atoms with van der Waals surface area (Å²) in [7, 11) is 0. The van der Waals surface area contributed by atoms with Crippen LogP contribution in [0.15, 0.2) is 24.3 Å². The second-order valence-electron chi connectivity index (χ2n) is 5.48. The van der Waals surface area contributed by atoms with E-state index in [1.54, 1.807) is 11.3 Å². The number of fused-ring (bicyclic) bond motifs is 1. The number of hydrogen-bond acceptors (Lipinski definition) is 5. The van der Waals surface area contributed by atoms with Crippen LogP contribution in [-0.4, -0.2) is 36.3 Å². The number of nitrogens with zero attached hydrogens (tertiary/aromatic N) is 1. The predicted octanol–water partition coefficient (Wildman–Crippen LogP) is 2.50. The lowest BCUT2D eigenvalue weighted by Crippen LogP contribution is -2.42. The van der Waals surface area contributed by atoms with E-state index in [1.807, 2.05) is 31.2 Å². The lowest BCUT2D eigenvalue weighted by Gasteiger charge is -2.19. The number of thiazole rings is 1. The van der Waals surface area contributed by atoms with E-state index in [1.165, 1.54) is 0 Å². The van der Waals surface area contributed by atoms with E-state index in [9.17, 15) is 4.79 Å². The van der Waals surface area contributed by atoms with Gasteiger partial charge in [-0.05, 0) is 31.9 Å². The minimum absolute atomic E-state index is 0.0288. The van der Waals surface area contributed by atoms with Crippen LogP contribution in [0.3, 0.4) is 0 Å². The Kier molecular flexibility index (Phi) is 5.02. The van der Waals surface area contributed by atoms with E-state index in [-0.39, 0.29) is 24.7 Å². The normalized spacial score (nSPS) is 19.4. The second kappa shape index (κ2) is 7.17. The number of hydrogen-bond donors (Lipinski definition) is 1. The van der Waals surface area contributed by atoms with Gasteiger partial charge in [0.1, 0.15) is 11.6 Å².